The Morgan fingerprint density at radius 2 is 2.11 bits per heavy atom. The highest BCUT2D eigenvalue weighted by Gasteiger charge is 2.20. The number of carbonyl (C=O) groups excluding carboxylic acids is 1. The Kier molecular flexibility index (Phi) is 8.46. The lowest BCUT2D eigenvalue weighted by Crippen LogP contribution is -2.35. The number of rotatable bonds is 10. The Bertz CT molecular complexity index is 1290. The Labute approximate surface area is 216 Å². The molecule has 1 N–H and O–H groups in total. The molecule has 4 rings (SSSR count). The number of fused-ring (bicyclic) bond motifs is 1. The van der Waals surface area contributed by atoms with Crippen molar-refractivity contribution in [3.8, 4) is 5.75 Å². The zero-order valence-electron chi connectivity index (χ0n) is 21.2. The molecule has 0 bridgehead atoms. The predicted molar refractivity (Wildman–Crippen MR) is 145 cm³/mol. The average Bonchev–Trinajstić information content (AvgIpc) is 2.88. The molecule has 1 aromatic carbocycles. The van der Waals surface area contributed by atoms with E-state index < -0.39 is 0 Å². The summed E-state index contributed by atoms with van der Waals surface area (Å²) >= 11 is 6.44. The monoisotopic (exact) mass is 511 g/mol. The maximum absolute atomic E-state index is 13.1. The maximum Gasteiger partial charge on any atom is 0.293 e. The van der Waals surface area contributed by atoms with Crippen LogP contribution in [0.2, 0.25) is 5.02 Å². The Hall–Kier alpha value is -3.13. The smallest absolute Gasteiger partial charge is 0.293 e. The van der Waals surface area contributed by atoms with E-state index in [1.165, 1.54) is 6.42 Å². The molecule has 1 saturated heterocycles. The lowest BCUT2D eigenvalue weighted by Gasteiger charge is -2.31. The molecule has 1 atom stereocenters. The lowest BCUT2D eigenvalue weighted by molar-refractivity contribution is -0.120. The Balaban J connectivity index is 1.66. The fourth-order valence-corrected chi connectivity index (χ4v) is 4.58. The summed E-state index contributed by atoms with van der Waals surface area (Å²) in [4.78, 5) is 36.2. The minimum absolute atomic E-state index is 0.0534. The van der Waals surface area contributed by atoms with Gasteiger partial charge in [-0.1, -0.05) is 38.8 Å². The molecule has 0 spiro atoms. The van der Waals surface area contributed by atoms with Crippen LogP contribution < -0.4 is 20.5 Å². The number of piperidine rings is 1. The normalized spacial score (nSPS) is 15.8. The van der Waals surface area contributed by atoms with Crippen molar-refractivity contribution in [3.63, 3.8) is 0 Å². The minimum Gasteiger partial charge on any atom is -0.480 e. The number of hydrogen-bond donors (Lipinski definition) is 1. The summed E-state index contributed by atoms with van der Waals surface area (Å²) in [5, 5.41) is 4.57. The van der Waals surface area contributed by atoms with Gasteiger partial charge in [-0.3, -0.25) is 9.59 Å². The van der Waals surface area contributed by atoms with Crippen LogP contribution in [0.25, 0.3) is 10.9 Å². The van der Waals surface area contributed by atoms with Crippen LogP contribution in [-0.2, 0) is 11.3 Å². The second kappa shape index (κ2) is 11.7. The number of pyridine rings is 1. The highest BCUT2D eigenvalue weighted by atomic mass is 35.5. The third kappa shape index (κ3) is 5.98. The summed E-state index contributed by atoms with van der Waals surface area (Å²) in [5.41, 5.74) is 1.36. The molecule has 0 saturated carbocycles. The van der Waals surface area contributed by atoms with Gasteiger partial charge in [0.15, 0.2) is 17.4 Å². The number of nitrogens with one attached hydrogen (secondary N) is 1. The van der Waals surface area contributed by atoms with Crippen LogP contribution in [-0.4, -0.2) is 40.0 Å². The molecule has 0 amide bonds. The van der Waals surface area contributed by atoms with E-state index in [4.69, 9.17) is 21.3 Å². The molecular weight excluding hydrogens is 478 g/mol. The number of aromatic nitrogens is 3. The number of ether oxygens (including phenoxy) is 1. The summed E-state index contributed by atoms with van der Waals surface area (Å²) < 4.78 is 7.36. The van der Waals surface area contributed by atoms with Gasteiger partial charge in [0.05, 0.1) is 11.7 Å². The van der Waals surface area contributed by atoms with Crippen molar-refractivity contribution in [2.75, 3.05) is 29.9 Å². The van der Waals surface area contributed by atoms with Gasteiger partial charge in [0.25, 0.3) is 5.56 Å². The highest BCUT2D eigenvalue weighted by Crippen LogP contribution is 2.29. The van der Waals surface area contributed by atoms with Crippen LogP contribution in [0.15, 0.2) is 35.3 Å². The molecule has 3 heterocycles. The van der Waals surface area contributed by atoms with Gasteiger partial charge in [-0.2, -0.15) is 4.98 Å². The first-order valence-electron chi connectivity index (χ1n) is 12.8. The van der Waals surface area contributed by atoms with Gasteiger partial charge < -0.3 is 19.5 Å². The molecule has 1 unspecified atom stereocenters. The van der Waals surface area contributed by atoms with Gasteiger partial charge in [0, 0.05) is 37.1 Å². The van der Waals surface area contributed by atoms with Gasteiger partial charge in [0.1, 0.15) is 11.6 Å². The van der Waals surface area contributed by atoms with Gasteiger partial charge in [-0.25, -0.2) is 4.98 Å². The van der Waals surface area contributed by atoms with Crippen LogP contribution in [0, 0.1) is 5.92 Å². The van der Waals surface area contributed by atoms with Crippen LogP contribution in [0.4, 0.5) is 17.5 Å². The second-order valence-corrected chi connectivity index (χ2v) is 9.87. The number of unbranched alkanes of at least 4 members (excludes halogenated alkanes) is 1. The average molecular weight is 512 g/mol. The van der Waals surface area contributed by atoms with Crippen molar-refractivity contribution in [3.05, 3.63) is 45.8 Å². The van der Waals surface area contributed by atoms with E-state index in [1.54, 1.807) is 23.8 Å². The third-order valence-corrected chi connectivity index (χ3v) is 6.79. The van der Waals surface area contributed by atoms with Crippen LogP contribution in [0.5, 0.6) is 5.75 Å². The topological polar surface area (TPSA) is 89.3 Å². The summed E-state index contributed by atoms with van der Waals surface area (Å²) in [6.07, 6.45) is 6.15. The molecule has 1 aliphatic heterocycles. The van der Waals surface area contributed by atoms with Crippen molar-refractivity contribution >= 4 is 45.7 Å². The van der Waals surface area contributed by atoms with Gasteiger partial charge >= 0.3 is 0 Å². The molecule has 36 heavy (non-hydrogen) atoms. The standard InChI is InChI=1S/C27H34ClN5O3/c1-4-6-12-33-23-10-9-20(13-19(23)14-24(26(33)35)36-17-21(34)5-2)30-25-22(28)15-29-27(31-25)32-11-7-8-18(3)16-32/h9-10,13-15,18H,4-8,11-12,16-17H2,1-3H3,(H,29,30,31). The number of hydrogen-bond acceptors (Lipinski definition) is 7. The lowest BCUT2D eigenvalue weighted by atomic mass is 10.0. The molecular formula is C27H34ClN5O3. The van der Waals surface area contributed by atoms with Crippen LogP contribution in [0.3, 0.4) is 0 Å². The van der Waals surface area contributed by atoms with Crippen molar-refractivity contribution < 1.29 is 9.53 Å². The molecule has 8 nitrogen and oxygen atoms in total. The number of ketones is 1. The largest absolute Gasteiger partial charge is 0.480 e. The maximum atomic E-state index is 13.1. The number of benzene rings is 1. The number of halogens is 1. The number of carbonyl (C=O) groups is 1. The Morgan fingerprint density at radius 1 is 1.28 bits per heavy atom. The predicted octanol–water partition coefficient (Wildman–Crippen LogP) is 5.58. The van der Waals surface area contributed by atoms with Gasteiger partial charge in [-0.05, 0) is 49.4 Å². The first-order valence-corrected chi connectivity index (χ1v) is 13.1. The first kappa shape index (κ1) is 25.9. The number of Topliss-reactive ketones (excluding diaryl/α,β-unsaturated/α-hetero) is 1. The highest BCUT2D eigenvalue weighted by molar-refractivity contribution is 6.32. The summed E-state index contributed by atoms with van der Waals surface area (Å²) in [5.74, 6) is 1.92. The second-order valence-electron chi connectivity index (χ2n) is 9.46. The van der Waals surface area contributed by atoms with E-state index in [-0.39, 0.29) is 23.7 Å². The fraction of sp³-hybridized carbons (Fsp3) is 0.481. The minimum atomic E-state index is -0.222. The first-order chi connectivity index (χ1) is 17.4. The molecule has 2 aromatic heterocycles. The van der Waals surface area contributed by atoms with Gasteiger partial charge in [0.2, 0.25) is 5.95 Å². The van der Waals surface area contributed by atoms with Crippen molar-refractivity contribution in [1.82, 2.24) is 14.5 Å². The zero-order valence-corrected chi connectivity index (χ0v) is 22.0. The van der Waals surface area contributed by atoms with Crippen molar-refractivity contribution in [2.24, 2.45) is 5.92 Å². The number of aryl methyl sites for hydroxylation is 1. The number of nitrogens with zero attached hydrogens (tertiary/aromatic N) is 4. The SMILES string of the molecule is CCCCn1c(=O)c(OCC(=O)CC)cc2cc(Nc3nc(N4CCCC(C)C4)ncc3Cl)ccc21. The zero-order chi connectivity index (χ0) is 25.7. The fourth-order valence-electron chi connectivity index (χ4n) is 4.45. The van der Waals surface area contributed by atoms with Crippen LogP contribution in [0.1, 0.15) is 52.9 Å². The van der Waals surface area contributed by atoms with E-state index in [9.17, 15) is 9.59 Å². The van der Waals surface area contributed by atoms with E-state index in [0.29, 0.717) is 35.7 Å². The van der Waals surface area contributed by atoms with Crippen molar-refractivity contribution in [2.45, 2.75) is 59.4 Å². The molecule has 3 aromatic rings. The quantitative estimate of drug-likeness (QED) is 0.380. The summed E-state index contributed by atoms with van der Waals surface area (Å²) in [6.45, 7) is 8.42. The third-order valence-electron chi connectivity index (χ3n) is 6.51. The van der Waals surface area contributed by atoms with E-state index in [1.807, 2.05) is 18.2 Å². The van der Waals surface area contributed by atoms with E-state index in [0.717, 1.165) is 48.9 Å². The molecule has 1 fully saturated rings. The molecule has 1 aliphatic rings. The Morgan fingerprint density at radius 3 is 2.86 bits per heavy atom. The van der Waals surface area contributed by atoms with Gasteiger partial charge in [-0.15, -0.1) is 0 Å². The van der Waals surface area contributed by atoms with Crippen molar-refractivity contribution in [1.29, 1.82) is 0 Å². The molecule has 0 aliphatic carbocycles. The molecule has 0 radical (unpaired) electrons. The van der Waals surface area contributed by atoms with E-state index >= 15 is 0 Å². The summed E-state index contributed by atoms with van der Waals surface area (Å²) in [7, 11) is 0. The van der Waals surface area contributed by atoms with E-state index in [2.05, 4.69) is 29.0 Å². The number of anilines is 3. The van der Waals surface area contributed by atoms with Crippen LogP contribution >= 0.6 is 11.6 Å². The summed E-state index contributed by atoms with van der Waals surface area (Å²) in [6, 6.07) is 7.47. The molecule has 192 valence electrons. The molecule has 9 heteroatoms.